The summed E-state index contributed by atoms with van der Waals surface area (Å²) in [6.07, 6.45) is 5.94. The molecule has 1 fully saturated rings. The molecule has 0 bridgehead atoms. The molecule has 26 heavy (non-hydrogen) atoms. The fraction of sp³-hybridized carbons (Fsp3) is 0.350. The lowest BCUT2D eigenvalue weighted by Gasteiger charge is -2.21. The van der Waals surface area contributed by atoms with Gasteiger partial charge in [0, 0.05) is 5.25 Å². The van der Waals surface area contributed by atoms with Crippen molar-refractivity contribution in [2.45, 2.75) is 44.3 Å². The third-order valence-corrected chi connectivity index (χ3v) is 5.64. The minimum absolute atomic E-state index is 0.0268. The number of amides is 1. The van der Waals surface area contributed by atoms with Crippen LogP contribution >= 0.6 is 11.9 Å². The Hall–Kier alpha value is -1.92. The molecule has 0 saturated heterocycles. The van der Waals surface area contributed by atoms with E-state index in [4.69, 9.17) is 0 Å². The summed E-state index contributed by atoms with van der Waals surface area (Å²) in [5, 5.41) is 0.473. The SMILES string of the molecule is Cc1cc(-c2ccc(F)cc2)cc(C(=O)NNSC2CCCCC2)c1F. The molecule has 2 aromatic carbocycles. The largest absolute Gasteiger partial charge is 0.277 e. The van der Waals surface area contributed by atoms with Gasteiger partial charge in [-0.25, -0.2) is 8.78 Å². The number of benzene rings is 2. The number of halogens is 2. The number of nitrogens with one attached hydrogen (secondary N) is 2. The van der Waals surface area contributed by atoms with Gasteiger partial charge in [0.25, 0.3) is 5.91 Å². The van der Waals surface area contributed by atoms with Crippen molar-refractivity contribution in [2.24, 2.45) is 0 Å². The quantitative estimate of drug-likeness (QED) is 0.560. The van der Waals surface area contributed by atoms with Gasteiger partial charge in [0.05, 0.1) is 5.56 Å². The van der Waals surface area contributed by atoms with Crippen LogP contribution in [0, 0.1) is 18.6 Å². The van der Waals surface area contributed by atoms with Crippen molar-refractivity contribution < 1.29 is 13.6 Å². The predicted molar refractivity (Wildman–Crippen MR) is 102 cm³/mol. The maximum Gasteiger partial charge on any atom is 0.269 e. The Kier molecular flexibility index (Phi) is 6.27. The second-order valence-corrected chi connectivity index (χ2v) is 7.70. The summed E-state index contributed by atoms with van der Waals surface area (Å²) in [6.45, 7) is 1.61. The third-order valence-electron chi connectivity index (χ3n) is 4.62. The van der Waals surface area contributed by atoms with E-state index in [0.717, 1.165) is 18.4 Å². The molecule has 1 aliphatic rings. The van der Waals surface area contributed by atoms with Crippen LogP contribution in [0.1, 0.15) is 48.0 Å². The molecule has 2 N–H and O–H groups in total. The van der Waals surface area contributed by atoms with E-state index >= 15 is 0 Å². The van der Waals surface area contributed by atoms with Gasteiger partial charge < -0.3 is 0 Å². The van der Waals surface area contributed by atoms with Gasteiger partial charge >= 0.3 is 0 Å². The van der Waals surface area contributed by atoms with E-state index in [9.17, 15) is 13.6 Å². The van der Waals surface area contributed by atoms with E-state index in [-0.39, 0.29) is 11.4 Å². The minimum Gasteiger partial charge on any atom is -0.277 e. The van der Waals surface area contributed by atoms with Crippen LogP contribution in [0.5, 0.6) is 0 Å². The molecule has 0 unspecified atom stereocenters. The smallest absolute Gasteiger partial charge is 0.269 e. The molecule has 0 radical (unpaired) electrons. The Labute approximate surface area is 156 Å². The van der Waals surface area contributed by atoms with E-state index in [0.29, 0.717) is 16.4 Å². The first-order valence-corrected chi connectivity index (χ1v) is 9.69. The molecule has 0 aromatic heterocycles. The molecular weight excluding hydrogens is 354 g/mol. The van der Waals surface area contributed by atoms with Crippen LogP contribution in [0.4, 0.5) is 8.78 Å². The molecule has 0 atom stereocenters. The number of hydrazine groups is 1. The van der Waals surface area contributed by atoms with Gasteiger partial charge in [-0.15, -0.1) is 0 Å². The highest BCUT2D eigenvalue weighted by Crippen LogP contribution is 2.27. The Bertz CT molecular complexity index is 774. The number of hydrogen-bond acceptors (Lipinski definition) is 3. The van der Waals surface area contributed by atoms with Gasteiger partial charge in [0.1, 0.15) is 11.6 Å². The van der Waals surface area contributed by atoms with E-state index in [1.165, 1.54) is 49.4 Å². The van der Waals surface area contributed by atoms with Gasteiger partial charge in [-0.05, 0) is 60.7 Å². The molecule has 138 valence electrons. The summed E-state index contributed by atoms with van der Waals surface area (Å²) < 4.78 is 27.5. The van der Waals surface area contributed by atoms with E-state index in [1.54, 1.807) is 25.1 Å². The highest BCUT2D eigenvalue weighted by molar-refractivity contribution is 7.98. The first-order chi connectivity index (χ1) is 12.5. The first kappa shape index (κ1) is 18.9. The lowest BCUT2D eigenvalue weighted by molar-refractivity contribution is 0.0942. The topological polar surface area (TPSA) is 41.1 Å². The normalized spacial score (nSPS) is 15.0. The van der Waals surface area contributed by atoms with Crippen molar-refractivity contribution in [3.8, 4) is 11.1 Å². The van der Waals surface area contributed by atoms with Crippen LogP contribution in [0.25, 0.3) is 11.1 Å². The van der Waals surface area contributed by atoms with Crippen molar-refractivity contribution in [3.05, 3.63) is 59.2 Å². The van der Waals surface area contributed by atoms with E-state index in [2.05, 4.69) is 10.3 Å². The van der Waals surface area contributed by atoms with Crippen LogP contribution in [0.2, 0.25) is 0 Å². The average molecular weight is 376 g/mol. The molecule has 1 saturated carbocycles. The second kappa shape index (κ2) is 8.64. The lowest BCUT2D eigenvalue weighted by atomic mass is 9.99. The van der Waals surface area contributed by atoms with E-state index in [1.807, 2.05) is 0 Å². The van der Waals surface area contributed by atoms with Crippen molar-refractivity contribution in [3.63, 3.8) is 0 Å². The number of carbonyl (C=O) groups excluding carboxylic acids is 1. The Balaban J connectivity index is 1.71. The molecular formula is C20H22F2N2OS. The van der Waals surface area contributed by atoms with Gasteiger partial charge in [-0.3, -0.25) is 10.2 Å². The highest BCUT2D eigenvalue weighted by atomic mass is 32.2. The zero-order valence-electron chi connectivity index (χ0n) is 14.6. The summed E-state index contributed by atoms with van der Waals surface area (Å²) in [7, 11) is 0. The van der Waals surface area contributed by atoms with Crippen LogP contribution in [-0.4, -0.2) is 11.2 Å². The molecule has 0 spiro atoms. The summed E-state index contributed by atoms with van der Waals surface area (Å²) in [5.41, 5.74) is 4.33. The van der Waals surface area contributed by atoms with Crippen molar-refractivity contribution in [1.82, 2.24) is 10.3 Å². The molecule has 3 nitrogen and oxygen atoms in total. The predicted octanol–water partition coefficient (Wildman–Crippen LogP) is 5.16. The monoisotopic (exact) mass is 376 g/mol. The number of rotatable bonds is 5. The van der Waals surface area contributed by atoms with Crippen LogP contribution in [-0.2, 0) is 0 Å². The van der Waals surface area contributed by atoms with Crippen LogP contribution < -0.4 is 10.3 Å². The van der Waals surface area contributed by atoms with Gasteiger partial charge in [-0.2, -0.15) is 4.83 Å². The zero-order valence-corrected chi connectivity index (χ0v) is 15.5. The van der Waals surface area contributed by atoms with Crippen molar-refractivity contribution in [2.75, 3.05) is 0 Å². The second-order valence-electron chi connectivity index (χ2n) is 6.60. The molecule has 1 amide bonds. The fourth-order valence-corrected chi connectivity index (χ4v) is 4.04. The van der Waals surface area contributed by atoms with Crippen LogP contribution in [0.15, 0.2) is 36.4 Å². The Morgan fingerprint density at radius 1 is 1.04 bits per heavy atom. The standard InChI is InChI=1S/C20H22F2N2OS/c1-13-11-15(14-7-9-16(21)10-8-14)12-18(19(13)22)20(25)23-24-26-17-5-3-2-4-6-17/h7-12,17,24H,2-6H2,1H3,(H,23,25). The summed E-state index contributed by atoms with van der Waals surface area (Å²) in [4.78, 5) is 15.3. The molecule has 0 heterocycles. The van der Waals surface area contributed by atoms with Crippen LogP contribution in [0.3, 0.4) is 0 Å². The maximum absolute atomic E-state index is 14.4. The highest BCUT2D eigenvalue weighted by Gasteiger charge is 2.18. The number of aryl methyl sites for hydroxylation is 1. The molecule has 3 rings (SSSR count). The molecule has 1 aliphatic carbocycles. The number of carbonyl (C=O) groups is 1. The molecule has 6 heteroatoms. The number of hydrogen-bond donors (Lipinski definition) is 2. The molecule has 0 aliphatic heterocycles. The maximum atomic E-state index is 14.4. The summed E-state index contributed by atoms with van der Waals surface area (Å²) in [6, 6.07) is 9.06. The summed E-state index contributed by atoms with van der Waals surface area (Å²) in [5.74, 6) is -1.40. The first-order valence-electron chi connectivity index (χ1n) is 8.81. The van der Waals surface area contributed by atoms with Crippen molar-refractivity contribution >= 4 is 17.9 Å². The third kappa shape index (κ3) is 4.62. The zero-order chi connectivity index (χ0) is 18.5. The average Bonchev–Trinajstić information content (AvgIpc) is 2.65. The van der Waals surface area contributed by atoms with Gasteiger partial charge in [0.15, 0.2) is 0 Å². The van der Waals surface area contributed by atoms with Gasteiger partial charge in [-0.1, -0.05) is 43.3 Å². The van der Waals surface area contributed by atoms with E-state index < -0.39 is 11.7 Å². The Morgan fingerprint density at radius 3 is 2.42 bits per heavy atom. The minimum atomic E-state index is -0.544. The lowest BCUT2D eigenvalue weighted by Crippen LogP contribution is -2.35. The van der Waals surface area contributed by atoms with Crippen molar-refractivity contribution in [1.29, 1.82) is 0 Å². The summed E-state index contributed by atoms with van der Waals surface area (Å²) >= 11 is 1.49. The Morgan fingerprint density at radius 2 is 1.73 bits per heavy atom. The van der Waals surface area contributed by atoms with Gasteiger partial charge in [0.2, 0.25) is 0 Å². The fourth-order valence-electron chi connectivity index (χ4n) is 3.15. The molecule has 2 aromatic rings.